The van der Waals surface area contributed by atoms with Crippen molar-refractivity contribution in [2.45, 2.75) is 77.1 Å². The first-order valence-corrected chi connectivity index (χ1v) is 14.2. The van der Waals surface area contributed by atoms with E-state index in [1.54, 1.807) is 23.7 Å². The van der Waals surface area contributed by atoms with E-state index < -0.39 is 8.07 Å². The molecule has 0 spiro atoms. The molecule has 5 atom stereocenters. The van der Waals surface area contributed by atoms with Gasteiger partial charge in [0.25, 0.3) is 0 Å². The van der Waals surface area contributed by atoms with Crippen LogP contribution >= 0.6 is 0 Å². The lowest BCUT2D eigenvalue weighted by Gasteiger charge is -2.42. The molecule has 0 aromatic heterocycles. The van der Waals surface area contributed by atoms with E-state index in [4.69, 9.17) is 0 Å². The Morgan fingerprint density at radius 1 is 1.11 bits per heavy atom. The molecule has 0 bridgehead atoms. The van der Waals surface area contributed by atoms with E-state index in [2.05, 4.69) is 70.2 Å². The average Bonchev–Trinajstić information content (AvgIpc) is 3.26. The summed E-state index contributed by atoms with van der Waals surface area (Å²) in [5.74, 6) is 3.42. The van der Waals surface area contributed by atoms with Crippen molar-refractivity contribution in [3.05, 3.63) is 53.6 Å². The third-order valence-corrected chi connectivity index (χ3v) is 14.8. The van der Waals surface area contributed by atoms with Crippen LogP contribution in [0.15, 0.2) is 42.5 Å². The third-order valence-electron chi connectivity index (χ3n) is 8.27. The summed E-state index contributed by atoms with van der Waals surface area (Å²) < 4.78 is 0. The zero-order valence-electron chi connectivity index (χ0n) is 17.9. The second kappa shape index (κ2) is 7.74. The van der Waals surface area contributed by atoms with Gasteiger partial charge in [0, 0.05) is 0 Å². The van der Waals surface area contributed by atoms with Gasteiger partial charge in [-0.15, -0.1) is 0 Å². The quantitative estimate of drug-likeness (QED) is 0.457. The average molecular weight is 379 g/mol. The lowest BCUT2D eigenvalue weighted by atomic mass is 9.81. The van der Waals surface area contributed by atoms with Gasteiger partial charge in [0.1, 0.15) is 0 Å². The Hall–Kier alpha value is -1.08. The first-order chi connectivity index (χ1) is 13.0. The van der Waals surface area contributed by atoms with Crippen molar-refractivity contribution >= 4 is 13.6 Å². The highest BCUT2D eigenvalue weighted by Crippen LogP contribution is 2.61. The van der Waals surface area contributed by atoms with Gasteiger partial charge in [-0.25, -0.2) is 0 Å². The van der Waals surface area contributed by atoms with Crippen LogP contribution in [0.5, 0.6) is 0 Å². The summed E-state index contributed by atoms with van der Waals surface area (Å²) in [5.41, 5.74) is 5.48. The summed E-state index contributed by atoms with van der Waals surface area (Å²) in [6.45, 7) is 9.73. The summed E-state index contributed by atoms with van der Waals surface area (Å²) in [4.78, 5) is 0. The molecule has 1 saturated heterocycles. The maximum atomic E-state index is 2.63. The van der Waals surface area contributed by atoms with Gasteiger partial charge in [0.05, 0.1) is 8.07 Å². The molecule has 0 nitrogen and oxygen atoms in total. The summed E-state index contributed by atoms with van der Waals surface area (Å²) in [6.07, 6.45) is 13.3. The fourth-order valence-electron chi connectivity index (χ4n) is 6.99. The van der Waals surface area contributed by atoms with Crippen LogP contribution in [0, 0.1) is 30.6 Å². The highest BCUT2D eigenvalue weighted by atomic mass is 28.3. The predicted octanol–water partition coefficient (Wildman–Crippen LogP) is 7.88. The maximum Gasteiger partial charge on any atom is 0.0578 e. The number of hydrogen-bond acceptors (Lipinski definition) is 0. The van der Waals surface area contributed by atoms with Crippen molar-refractivity contribution in [3.8, 4) is 0 Å². The van der Waals surface area contributed by atoms with Crippen molar-refractivity contribution in [1.82, 2.24) is 0 Å². The molecule has 27 heavy (non-hydrogen) atoms. The van der Waals surface area contributed by atoms with Gasteiger partial charge >= 0.3 is 0 Å². The van der Waals surface area contributed by atoms with Crippen LogP contribution in [-0.4, -0.2) is 8.07 Å². The first kappa shape index (κ1) is 19.2. The minimum atomic E-state index is -1.17. The fourth-order valence-corrected chi connectivity index (χ4v) is 14.7. The Kier molecular flexibility index (Phi) is 5.52. The van der Waals surface area contributed by atoms with Crippen LogP contribution in [0.2, 0.25) is 23.7 Å². The van der Waals surface area contributed by atoms with Crippen molar-refractivity contribution in [1.29, 1.82) is 0 Å². The monoisotopic (exact) mass is 378 g/mol. The minimum absolute atomic E-state index is 0.764. The van der Waals surface area contributed by atoms with Crippen LogP contribution in [0.25, 0.3) is 5.57 Å². The Bertz CT molecular complexity index is 704. The van der Waals surface area contributed by atoms with E-state index in [0.717, 1.165) is 29.2 Å². The SMILES string of the molecule is CCC(C)C[Si]1(C2C(C)CC3C(c4ccc(C)cc4)=CC=CC32)CCCC1. The van der Waals surface area contributed by atoms with E-state index in [-0.39, 0.29) is 0 Å². The molecule has 3 aliphatic rings. The molecule has 4 rings (SSSR count). The largest absolute Gasteiger partial charge is 0.0808 e. The van der Waals surface area contributed by atoms with E-state index in [1.165, 1.54) is 36.8 Å². The van der Waals surface area contributed by atoms with Crippen LogP contribution in [-0.2, 0) is 0 Å². The zero-order chi connectivity index (χ0) is 19.0. The Morgan fingerprint density at radius 2 is 1.81 bits per heavy atom. The number of benzene rings is 1. The standard InChI is InChI=1S/C26H38Si/c1-5-19(2)18-27(15-6-7-16-27)26-21(4)17-25-23(9-8-10-24(25)26)22-13-11-20(3)12-14-22/h8-14,19,21,24-26H,5-7,15-18H2,1-4H3. The third kappa shape index (κ3) is 3.53. The van der Waals surface area contributed by atoms with E-state index in [9.17, 15) is 0 Å². The predicted molar refractivity (Wildman–Crippen MR) is 122 cm³/mol. The molecule has 5 unspecified atom stereocenters. The van der Waals surface area contributed by atoms with E-state index in [0.29, 0.717) is 0 Å². The first-order valence-electron chi connectivity index (χ1n) is 11.5. The molecule has 2 aliphatic carbocycles. The lowest BCUT2D eigenvalue weighted by Crippen LogP contribution is -2.42. The van der Waals surface area contributed by atoms with Crippen LogP contribution < -0.4 is 0 Å². The Morgan fingerprint density at radius 3 is 2.48 bits per heavy atom. The highest BCUT2D eigenvalue weighted by molar-refractivity contribution is 6.82. The molecule has 1 heteroatoms. The van der Waals surface area contributed by atoms with Gasteiger partial charge in [0.15, 0.2) is 0 Å². The molecular formula is C26H38Si. The zero-order valence-corrected chi connectivity index (χ0v) is 18.9. The second-order valence-corrected chi connectivity index (χ2v) is 14.9. The normalized spacial score (nSPS) is 33.0. The van der Waals surface area contributed by atoms with E-state index in [1.807, 2.05) is 0 Å². The summed E-state index contributed by atoms with van der Waals surface area (Å²) >= 11 is 0. The van der Waals surface area contributed by atoms with E-state index >= 15 is 0 Å². The summed E-state index contributed by atoms with van der Waals surface area (Å²) in [7, 11) is -1.17. The van der Waals surface area contributed by atoms with Gasteiger partial charge in [-0.05, 0) is 53.7 Å². The van der Waals surface area contributed by atoms with Crippen LogP contribution in [0.4, 0.5) is 0 Å². The van der Waals surface area contributed by atoms with Crippen molar-refractivity contribution in [3.63, 3.8) is 0 Å². The lowest BCUT2D eigenvalue weighted by molar-refractivity contribution is 0.528. The number of allylic oxidation sites excluding steroid dienone is 4. The van der Waals surface area contributed by atoms with Gasteiger partial charge in [-0.3, -0.25) is 0 Å². The molecule has 146 valence electrons. The van der Waals surface area contributed by atoms with Gasteiger partial charge in [-0.1, -0.05) is 106 Å². The fraction of sp³-hybridized carbons (Fsp3) is 0.615. The van der Waals surface area contributed by atoms with Gasteiger partial charge < -0.3 is 0 Å². The number of fused-ring (bicyclic) bond motifs is 1. The van der Waals surface area contributed by atoms with Gasteiger partial charge in [-0.2, -0.15) is 0 Å². The highest BCUT2D eigenvalue weighted by Gasteiger charge is 2.54. The molecular weight excluding hydrogens is 340 g/mol. The van der Waals surface area contributed by atoms with Crippen LogP contribution in [0.3, 0.4) is 0 Å². The van der Waals surface area contributed by atoms with Crippen molar-refractivity contribution in [2.75, 3.05) is 0 Å². The summed E-state index contributed by atoms with van der Waals surface area (Å²) in [6, 6.07) is 14.1. The molecule has 1 saturated carbocycles. The number of hydrogen-bond donors (Lipinski definition) is 0. The number of rotatable bonds is 5. The molecule has 0 radical (unpaired) electrons. The summed E-state index contributed by atoms with van der Waals surface area (Å²) in [5, 5.41) is 0. The molecule has 1 aliphatic heterocycles. The molecule has 1 aromatic carbocycles. The minimum Gasteiger partial charge on any atom is -0.0808 e. The van der Waals surface area contributed by atoms with Gasteiger partial charge in [0.2, 0.25) is 0 Å². The van der Waals surface area contributed by atoms with Crippen molar-refractivity contribution < 1.29 is 0 Å². The molecule has 2 fully saturated rings. The Balaban J connectivity index is 1.64. The molecule has 0 amide bonds. The molecule has 1 heterocycles. The van der Waals surface area contributed by atoms with Crippen LogP contribution in [0.1, 0.15) is 57.6 Å². The second-order valence-electron chi connectivity index (χ2n) is 10.1. The number of aryl methyl sites for hydroxylation is 1. The topological polar surface area (TPSA) is 0 Å². The smallest absolute Gasteiger partial charge is 0.0578 e. The molecule has 0 N–H and O–H groups in total. The van der Waals surface area contributed by atoms with Crippen molar-refractivity contribution in [2.24, 2.45) is 23.7 Å². The Labute approximate surface area is 168 Å². The maximum absolute atomic E-state index is 2.63. The molecule has 1 aromatic rings.